The van der Waals surface area contributed by atoms with Crippen molar-refractivity contribution in [1.29, 1.82) is 0 Å². The van der Waals surface area contributed by atoms with Crippen LogP contribution in [0.25, 0.3) is 0 Å². The van der Waals surface area contributed by atoms with Gasteiger partial charge in [0.15, 0.2) is 0 Å². The van der Waals surface area contributed by atoms with E-state index in [9.17, 15) is 4.79 Å². The molecule has 0 aromatic heterocycles. The van der Waals surface area contributed by atoms with E-state index in [1.54, 1.807) is 0 Å². The zero-order valence-corrected chi connectivity index (χ0v) is 18.8. The quantitative estimate of drug-likeness (QED) is 0.694. The summed E-state index contributed by atoms with van der Waals surface area (Å²) in [5.74, 6) is -0.0746. The molecule has 160 valence electrons. The second kappa shape index (κ2) is 10.3. The smallest absolute Gasteiger partial charge is 0.241 e. The lowest BCUT2D eigenvalue weighted by atomic mass is 9.54. The number of nitrogens with two attached hydrogens (primary N) is 1. The van der Waals surface area contributed by atoms with Gasteiger partial charge < -0.3 is 15.8 Å². The monoisotopic (exact) mass is 431 g/mol. The number of nitrogens with zero attached hydrogens (tertiary/aromatic N) is 1. The molecule has 2 aliphatic rings. The number of hydrogen-bond donors (Lipinski definition) is 2. The lowest BCUT2D eigenvalue weighted by Crippen LogP contribution is -2.75. The number of halogens is 2. The fraction of sp³-hybridized carbons (Fsp3) is 0.667. The molecule has 3 N–H and O–H groups in total. The molecular weight excluding hydrogens is 397 g/mol. The van der Waals surface area contributed by atoms with Crippen LogP contribution in [0.4, 0.5) is 0 Å². The van der Waals surface area contributed by atoms with Crippen LogP contribution < -0.4 is 11.1 Å². The topological polar surface area (TPSA) is 67.6 Å². The molecular formula is C21H35Cl2N3O2. The Kier molecular flexibility index (Phi) is 9.23. The molecule has 0 spiro atoms. The number of hydrogen-bond acceptors (Lipinski definition) is 4. The molecule has 28 heavy (non-hydrogen) atoms. The third-order valence-corrected chi connectivity index (χ3v) is 6.39. The number of carbonyl (C=O) groups excluding carboxylic acids is 1. The number of ether oxygens (including phenoxy) is 1. The van der Waals surface area contributed by atoms with Gasteiger partial charge in [0.05, 0.1) is 6.10 Å². The van der Waals surface area contributed by atoms with E-state index in [1.807, 2.05) is 26.8 Å². The minimum atomic E-state index is -0.864. The van der Waals surface area contributed by atoms with E-state index in [0.29, 0.717) is 19.6 Å². The molecule has 0 bridgehead atoms. The highest BCUT2D eigenvalue weighted by Gasteiger charge is 2.62. The van der Waals surface area contributed by atoms with Crippen molar-refractivity contribution < 1.29 is 9.53 Å². The summed E-state index contributed by atoms with van der Waals surface area (Å²) in [4.78, 5) is 15.3. The van der Waals surface area contributed by atoms with Gasteiger partial charge in [-0.15, -0.1) is 24.8 Å². The summed E-state index contributed by atoms with van der Waals surface area (Å²) in [7, 11) is 0. The van der Waals surface area contributed by atoms with E-state index in [1.165, 1.54) is 37.1 Å². The zero-order valence-electron chi connectivity index (χ0n) is 17.2. The van der Waals surface area contributed by atoms with Crippen molar-refractivity contribution in [3.8, 4) is 0 Å². The standard InChI is InChI=1S/C21H33N3O2.2ClH/c1-4-26-18-13-21(22,20(18,2)3)19(25)23-14-16-9-5-6-10-17(16)15-24-11-7-8-12-24;;/h5-6,9-10,18H,4,7-8,11-15,22H2,1-3H3,(H,23,25);2*1H. The Morgan fingerprint density at radius 2 is 1.82 bits per heavy atom. The van der Waals surface area contributed by atoms with Crippen LogP contribution in [0.5, 0.6) is 0 Å². The van der Waals surface area contributed by atoms with E-state index in [4.69, 9.17) is 10.5 Å². The molecule has 2 fully saturated rings. The molecule has 2 atom stereocenters. The number of amides is 1. The summed E-state index contributed by atoms with van der Waals surface area (Å²) in [5, 5.41) is 3.09. The van der Waals surface area contributed by atoms with Crippen molar-refractivity contribution in [2.75, 3.05) is 19.7 Å². The molecule has 0 radical (unpaired) electrons. The van der Waals surface area contributed by atoms with Crippen molar-refractivity contribution in [1.82, 2.24) is 10.2 Å². The van der Waals surface area contributed by atoms with Crippen LogP contribution in [0.2, 0.25) is 0 Å². The van der Waals surface area contributed by atoms with Crippen LogP contribution >= 0.6 is 24.8 Å². The van der Waals surface area contributed by atoms with Crippen molar-refractivity contribution in [3.63, 3.8) is 0 Å². The third-order valence-electron chi connectivity index (χ3n) is 6.39. The molecule has 5 nitrogen and oxygen atoms in total. The van der Waals surface area contributed by atoms with Crippen molar-refractivity contribution in [2.24, 2.45) is 11.1 Å². The molecule has 2 unspecified atom stereocenters. The molecule has 1 aliphatic heterocycles. The van der Waals surface area contributed by atoms with Crippen LogP contribution in [-0.2, 0) is 22.6 Å². The highest BCUT2D eigenvalue weighted by Crippen LogP contribution is 2.49. The summed E-state index contributed by atoms with van der Waals surface area (Å²) in [6.07, 6.45) is 3.19. The van der Waals surface area contributed by atoms with E-state index in [0.717, 1.165) is 6.54 Å². The minimum Gasteiger partial charge on any atom is -0.378 e. The van der Waals surface area contributed by atoms with Gasteiger partial charge in [0.1, 0.15) is 5.54 Å². The van der Waals surface area contributed by atoms with Gasteiger partial charge in [-0.05, 0) is 44.0 Å². The average molecular weight is 432 g/mol. The van der Waals surface area contributed by atoms with Gasteiger partial charge >= 0.3 is 0 Å². The lowest BCUT2D eigenvalue weighted by Gasteiger charge is -2.57. The van der Waals surface area contributed by atoms with Gasteiger partial charge in [0.25, 0.3) is 0 Å². The highest BCUT2D eigenvalue weighted by atomic mass is 35.5. The first-order chi connectivity index (χ1) is 12.4. The Morgan fingerprint density at radius 3 is 2.39 bits per heavy atom. The lowest BCUT2D eigenvalue weighted by molar-refractivity contribution is -0.170. The molecule has 1 saturated heterocycles. The first-order valence-corrected chi connectivity index (χ1v) is 9.86. The molecule has 7 heteroatoms. The number of benzene rings is 1. The van der Waals surface area contributed by atoms with Gasteiger partial charge in [0.2, 0.25) is 5.91 Å². The summed E-state index contributed by atoms with van der Waals surface area (Å²) in [6, 6.07) is 8.37. The molecule has 3 rings (SSSR count). The maximum atomic E-state index is 12.8. The Hall–Kier alpha value is -0.850. The minimum absolute atomic E-state index is 0. The normalized spacial score (nSPS) is 25.9. The second-order valence-corrected chi connectivity index (χ2v) is 8.28. The van der Waals surface area contributed by atoms with Crippen molar-refractivity contribution in [2.45, 2.75) is 64.8 Å². The fourth-order valence-electron chi connectivity index (χ4n) is 4.22. The molecule has 1 aromatic rings. The maximum absolute atomic E-state index is 12.8. The van der Waals surface area contributed by atoms with Gasteiger partial charge in [-0.1, -0.05) is 38.1 Å². The van der Waals surface area contributed by atoms with E-state index in [-0.39, 0.29) is 42.2 Å². The SMILES string of the molecule is CCOC1CC(N)(C(=O)NCc2ccccc2CN2CCCC2)C1(C)C.Cl.Cl. The third kappa shape index (κ3) is 4.82. The fourth-order valence-corrected chi connectivity index (χ4v) is 4.22. The number of likely N-dealkylation sites (tertiary alicyclic amines) is 1. The van der Waals surface area contributed by atoms with Gasteiger partial charge in [-0.2, -0.15) is 0 Å². The van der Waals surface area contributed by atoms with Crippen LogP contribution in [0, 0.1) is 5.41 Å². The molecule has 1 heterocycles. The molecule has 1 aliphatic carbocycles. The molecule has 1 amide bonds. The largest absolute Gasteiger partial charge is 0.378 e. The Labute approximate surface area is 181 Å². The molecule has 1 aromatic carbocycles. The summed E-state index contributed by atoms with van der Waals surface area (Å²) in [5.41, 5.74) is 7.72. The first kappa shape index (κ1) is 25.2. The van der Waals surface area contributed by atoms with Crippen LogP contribution in [0.15, 0.2) is 24.3 Å². The van der Waals surface area contributed by atoms with Crippen molar-refractivity contribution in [3.05, 3.63) is 35.4 Å². The zero-order chi connectivity index (χ0) is 18.8. The Balaban J connectivity index is 0.00000196. The van der Waals surface area contributed by atoms with Gasteiger partial charge in [-0.25, -0.2) is 0 Å². The summed E-state index contributed by atoms with van der Waals surface area (Å²) >= 11 is 0. The van der Waals surface area contributed by atoms with Crippen LogP contribution in [0.1, 0.15) is 51.2 Å². The number of nitrogens with one attached hydrogen (secondary N) is 1. The van der Waals surface area contributed by atoms with Crippen LogP contribution in [0.3, 0.4) is 0 Å². The predicted molar refractivity (Wildman–Crippen MR) is 118 cm³/mol. The first-order valence-electron chi connectivity index (χ1n) is 9.86. The number of carbonyl (C=O) groups is 1. The maximum Gasteiger partial charge on any atom is 0.241 e. The predicted octanol–water partition coefficient (Wildman–Crippen LogP) is 3.27. The van der Waals surface area contributed by atoms with E-state index in [2.05, 4.69) is 28.4 Å². The van der Waals surface area contributed by atoms with E-state index < -0.39 is 5.54 Å². The summed E-state index contributed by atoms with van der Waals surface area (Å²) < 4.78 is 5.73. The van der Waals surface area contributed by atoms with E-state index >= 15 is 0 Å². The Morgan fingerprint density at radius 1 is 1.21 bits per heavy atom. The highest BCUT2D eigenvalue weighted by molar-refractivity contribution is 5.88. The summed E-state index contributed by atoms with van der Waals surface area (Å²) in [6.45, 7) is 10.5. The second-order valence-electron chi connectivity index (χ2n) is 8.28. The van der Waals surface area contributed by atoms with Crippen LogP contribution in [-0.4, -0.2) is 42.1 Å². The Bertz CT molecular complexity index is 650. The van der Waals surface area contributed by atoms with Gasteiger partial charge in [0, 0.05) is 31.5 Å². The van der Waals surface area contributed by atoms with Gasteiger partial charge in [-0.3, -0.25) is 9.69 Å². The number of rotatable bonds is 7. The average Bonchev–Trinajstić information content (AvgIpc) is 3.13. The molecule has 1 saturated carbocycles. The van der Waals surface area contributed by atoms with Crippen molar-refractivity contribution >= 4 is 30.7 Å².